The van der Waals surface area contributed by atoms with Crippen molar-refractivity contribution in [2.75, 3.05) is 33.8 Å². The topological polar surface area (TPSA) is 66.0 Å². The maximum absolute atomic E-state index is 12.8. The van der Waals surface area contributed by atoms with Gasteiger partial charge in [0.2, 0.25) is 5.91 Å². The van der Waals surface area contributed by atoms with E-state index >= 15 is 0 Å². The van der Waals surface area contributed by atoms with Crippen LogP contribution in [0.15, 0.2) is 36.4 Å². The quantitative estimate of drug-likeness (QED) is 0.699. The highest BCUT2D eigenvalue weighted by Crippen LogP contribution is 2.46. The van der Waals surface area contributed by atoms with E-state index in [1.807, 2.05) is 18.2 Å². The number of hydrogen-bond donors (Lipinski definition) is 1. The first kappa shape index (κ1) is 19.9. The summed E-state index contributed by atoms with van der Waals surface area (Å²) in [6.07, 6.45) is 2.66. The van der Waals surface area contributed by atoms with Gasteiger partial charge in [-0.25, -0.2) is 0 Å². The molecule has 1 aliphatic rings. The average molecular weight is 385 g/mol. The molecule has 0 aliphatic heterocycles. The SMILES string of the molecule is COc1ccc(OC)c(NC(=O)CC(c2ccc(OC)c(OC)c2)C2CC2)c1. The third-order valence-electron chi connectivity index (χ3n) is 5.11. The smallest absolute Gasteiger partial charge is 0.225 e. The van der Waals surface area contributed by atoms with Crippen LogP contribution in [0.5, 0.6) is 23.0 Å². The number of benzene rings is 2. The van der Waals surface area contributed by atoms with Crippen LogP contribution in [0.1, 0.15) is 30.7 Å². The number of rotatable bonds is 9. The molecular formula is C22H27NO5. The summed E-state index contributed by atoms with van der Waals surface area (Å²) >= 11 is 0. The van der Waals surface area contributed by atoms with Gasteiger partial charge in [0, 0.05) is 12.5 Å². The van der Waals surface area contributed by atoms with E-state index in [0.29, 0.717) is 41.0 Å². The summed E-state index contributed by atoms with van der Waals surface area (Å²) in [5.74, 6) is 3.22. The van der Waals surface area contributed by atoms with Crippen LogP contribution in [0, 0.1) is 5.92 Å². The minimum atomic E-state index is -0.0572. The van der Waals surface area contributed by atoms with Crippen molar-refractivity contribution in [3.63, 3.8) is 0 Å². The molecule has 1 fully saturated rings. The Morgan fingerprint density at radius 3 is 2.21 bits per heavy atom. The van der Waals surface area contributed by atoms with Gasteiger partial charge in [-0.1, -0.05) is 6.07 Å². The molecule has 1 amide bonds. The fraction of sp³-hybridized carbons (Fsp3) is 0.409. The van der Waals surface area contributed by atoms with Crippen molar-refractivity contribution in [1.82, 2.24) is 0 Å². The van der Waals surface area contributed by atoms with Crippen LogP contribution in [0.25, 0.3) is 0 Å². The Morgan fingerprint density at radius 2 is 1.61 bits per heavy atom. The van der Waals surface area contributed by atoms with Gasteiger partial charge in [0.15, 0.2) is 11.5 Å². The van der Waals surface area contributed by atoms with Crippen molar-refractivity contribution >= 4 is 11.6 Å². The van der Waals surface area contributed by atoms with Crippen LogP contribution < -0.4 is 24.3 Å². The van der Waals surface area contributed by atoms with Crippen LogP contribution in [-0.2, 0) is 4.79 Å². The van der Waals surface area contributed by atoms with Crippen LogP contribution >= 0.6 is 0 Å². The maximum Gasteiger partial charge on any atom is 0.225 e. The molecule has 1 unspecified atom stereocenters. The van der Waals surface area contributed by atoms with Gasteiger partial charge in [0.1, 0.15) is 11.5 Å². The first-order valence-electron chi connectivity index (χ1n) is 9.33. The summed E-state index contributed by atoms with van der Waals surface area (Å²) in [5, 5.41) is 2.97. The lowest BCUT2D eigenvalue weighted by molar-refractivity contribution is -0.116. The number of carbonyl (C=O) groups excluding carboxylic acids is 1. The standard InChI is InChI=1S/C22H27NO5/c1-25-16-8-10-19(26-2)18(12-16)23-22(24)13-17(14-5-6-14)15-7-9-20(27-3)21(11-15)28-4/h7-12,14,17H,5-6,13H2,1-4H3,(H,23,24). The van der Waals surface area contributed by atoms with Crippen LogP contribution in [0.2, 0.25) is 0 Å². The van der Waals surface area contributed by atoms with E-state index in [0.717, 1.165) is 18.4 Å². The first-order valence-corrected chi connectivity index (χ1v) is 9.33. The minimum Gasteiger partial charge on any atom is -0.497 e. The molecule has 0 radical (unpaired) electrons. The molecule has 0 aromatic heterocycles. The predicted octanol–water partition coefficient (Wildman–Crippen LogP) is 4.24. The zero-order valence-electron chi connectivity index (χ0n) is 16.8. The lowest BCUT2D eigenvalue weighted by atomic mass is 9.90. The molecule has 2 aromatic carbocycles. The lowest BCUT2D eigenvalue weighted by Crippen LogP contribution is -2.17. The fourth-order valence-electron chi connectivity index (χ4n) is 3.45. The summed E-state index contributed by atoms with van der Waals surface area (Å²) in [6, 6.07) is 11.2. The number of ether oxygens (including phenoxy) is 4. The summed E-state index contributed by atoms with van der Waals surface area (Å²) < 4.78 is 21.4. The molecule has 6 nitrogen and oxygen atoms in total. The highest BCUT2D eigenvalue weighted by molar-refractivity contribution is 5.93. The van der Waals surface area contributed by atoms with Crippen molar-refractivity contribution in [3.8, 4) is 23.0 Å². The maximum atomic E-state index is 12.8. The number of anilines is 1. The zero-order chi connectivity index (χ0) is 20.1. The predicted molar refractivity (Wildman–Crippen MR) is 108 cm³/mol. The highest BCUT2D eigenvalue weighted by atomic mass is 16.5. The molecule has 0 bridgehead atoms. The molecular weight excluding hydrogens is 358 g/mol. The van der Waals surface area contributed by atoms with Gasteiger partial charge in [-0.05, 0) is 54.5 Å². The second kappa shape index (κ2) is 8.87. The van der Waals surface area contributed by atoms with E-state index in [2.05, 4.69) is 5.32 Å². The molecule has 1 aliphatic carbocycles. The molecule has 2 aromatic rings. The summed E-state index contributed by atoms with van der Waals surface area (Å²) in [7, 11) is 6.40. The molecule has 0 heterocycles. The number of hydrogen-bond acceptors (Lipinski definition) is 5. The van der Waals surface area contributed by atoms with E-state index < -0.39 is 0 Å². The Bertz CT molecular complexity index is 832. The van der Waals surface area contributed by atoms with Crippen molar-refractivity contribution in [2.45, 2.75) is 25.2 Å². The van der Waals surface area contributed by atoms with Crippen molar-refractivity contribution in [2.24, 2.45) is 5.92 Å². The lowest BCUT2D eigenvalue weighted by Gasteiger charge is -2.19. The van der Waals surface area contributed by atoms with E-state index in [1.54, 1.807) is 46.6 Å². The average Bonchev–Trinajstić information content (AvgIpc) is 3.56. The van der Waals surface area contributed by atoms with Crippen molar-refractivity contribution in [1.29, 1.82) is 0 Å². The van der Waals surface area contributed by atoms with Crippen LogP contribution in [0.3, 0.4) is 0 Å². The Hall–Kier alpha value is -2.89. The highest BCUT2D eigenvalue weighted by Gasteiger charge is 2.34. The van der Waals surface area contributed by atoms with Crippen LogP contribution in [-0.4, -0.2) is 34.3 Å². The van der Waals surface area contributed by atoms with Gasteiger partial charge in [-0.15, -0.1) is 0 Å². The molecule has 1 N–H and O–H groups in total. The van der Waals surface area contributed by atoms with E-state index in [4.69, 9.17) is 18.9 Å². The fourth-order valence-corrected chi connectivity index (χ4v) is 3.45. The Labute approximate surface area is 165 Å². The number of methoxy groups -OCH3 is 4. The number of nitrogens with one attached hydrogen (secondary N) is 1. The Morgan fingerprint density at radius 1 is 0.929 bits per heavy atom. The second-order valence-electron chi connectivity index (χ2n) is 6.88. The molecule has 1 atom stereocenters. The summed E-state index contributed by atoms with van der Waals surface area (Å²) in [4.78, 5) is 12.8. The first-order chi connectivity index (χ1) is 13.6. The molecule has 28 heavy (non-hydrogen) atoms. The minimum absolute atomic E-state index is 0.0572. The molecule has 0 spiro atoms. The van der Waals surface area contributed by atoms with E-state index in [9.17, 15) is 4.79 Å². The zero-order valence-corrected chi connectivity index (χ0v) is 16.8. The van der Waals surface area contributed by atoms with E-state index in [1.165, 1.54) is 0 Å². The van der Waals surface area contributed by atoms with Gasteiger partial charge < -0.3 is 24.3 Å². The van der Waals surface area contributed by atoms with Gasteiger partial charge in [-0.2, -0.15) is 0 Å². The molecule has 150 valence electrons. The summed E-state index contributed by atoms with van der Waals surface area (Å²) in [6.45, 7) is 0. The number of amides is 1. The molecule has 6 heteroatoms. The van der Waals surface area contributed by atoms with Crippen LogP contribution in [0.4, 0.5) is 5.69 Å². The van der Waals surface area contributed by atoms with Gasteiger partial charge in [0.05, 0.1) is 34.1 Å². The molecule has 0 saturated heterocycles. The summed E-state index contributed by atoms with van der Waals surface area (Å²) in [5.41, 5.74) is 1.70. The largest absolute Gasteiger partial charge is 0.497 e. The van der Waals surface area contributed by atoms with Crippen molar-refractivity contribution < 1.29 is 23.7 Å². The van der Waals surface area contributed by atoms with Crippen molar-refractivity contribution in [3.05, 3.63) is 42.0 Å². The molecule has 1 saturated carbocycles. The Kier molecular flexibility index (Phi) is 6.29. The van der Waals surface area contributed by atoms with E-state index in [-0.39, 0.29) is 11.8 Å². The normalized spacial score (nSPS) is 14.1. The monoisotopic (exact) mass is 385 g/mol. The third kappa shape index (κ3) is 4.50. The third-order valence-corrected chi connectivity index (χ3v) is 5.11. The van der Waals surface area contributed by atoms with Gasteiger partial charge in [0.25, 0.3) is 0 Å². The molecule has 3 rings (SSSR count). The Balaban J connectivity index is 1.78. The second-order valence-corrected chi connectivity index (χ2v) is 6.88. The number of carbonyl (C=O) groups is 1. The van der Waals surface area contributed by atoms with Gasteiger partial charge in [-0.3, -0.25) is 4.79 Å². The van der Waals surface area contributed by atoms with Gasteiger partial charge >= 0.3 is 0 Å².